The Morgan fingerprint density at radius 1 is 0.417 bits per heavy atom. The van der Waals surface area contributed by atoms with E-state index in [-0.39, 0.29) is 0 Å². The number of hydrogen-bond donors (Lipinski definition) is 0. The van der Waals surface area contributed by atoms with Gasteiger partial charge in [0.25, 0.3) is 0 Å². The summed E-state index contributed by atoms with van der Waals surface area (Å²) in [6.07, 6.45) is 3.48. The maximum Gasteiger partial charge on any atom is 0.164 e. The Bertz CT molecular complexity index is 799. The van der Waals surface area contributed by atoms with Crippen molar-refractivity contribution in [2.75, 3.05) is 0 Å². The minimum absolute atomic E-state index is 0.644. The van der Waals surface area contributed by atoms with E-state index in [0.717, 1.165) is 16.7 Å². The molecule has 0 aliphatic rings. The van der Waals surface area contributed by atoms with E-state index in [9.17, 15) is 0 Å². The Kier molecular flexibility index (Phi) is 3.78. The van der Waals surface area contributed by atoms with Crippen LogP contribution in [0.3, 0.4) is 0 Å². The standard InChI is InChI=1S/C20H14N4/c1-3-7-15(8-4-1)18-22-19(16-9-5-2-6-10-16)24-20(23-18)17-11-13-21-14-12-17/h1-14H. The number of aromatic nitrogens is 4. The van der Waals surface area contributed by atoms with E-state index in [1.807, 2.05) is 72.8 Å². The third-order valence-corrected chi connectivity index (χ3v) is 3.64. The molecule has 0 amide bonds. The van der Waals surface area contributed by atoms with Gasteiger partial charge in [0.05, 0.1) is 0 Å². The summed E-state index contributed by atoms with van der Waals surface area (Å²) in [6.45, 7) is 0. The van der Waals surface area contributed by atoms with Gasteiger partial charge in [-0.05, 0) is 12.1 Å². The van der Waals surface area contributed by atoms with Crippen molar-refractivity contribution in [3.63, 3.8) is 0 Å². The Labute approximate surface area is 139 Å². The summed E-state index contributed by atoms with van der Waals surface area (Å²) < 4.78 is 0. The van der Waals surface area contributed by atoms with E-state index < -0.39 is 0 Å². The third kappa shape index (κ3) is 2.90. The van der Waals surface area contributed by atoms with Crippen molar-refractivity contribution < 1.29 is 0 Å². The van der Waals surface area contributed by atoms with Crippen LogP contribution >= 0.6 is 0 Å². The van der Waals surface area contributed by atoms with Crippen LogP contribution in [0.25, 0.3) is 34.2 Å². The molecule has 0 atom stereocenters. The van der Waals surface area contributed by atoms with Gasteiger partial charge < -0.3 is 0 Å². The van der Waals surface area contributed by atoms with E-state index >= 15 is 0 Å². The number of nitrogens with zero attached hydrogens (tertiary/aromatic N) is 4. The molecule has 4 aromatic rings. The predicted molar refractivity (Wildman–Crippen MR) is 93.9 cm³/mol. The van der Waals surface area contributed by atoms with Crippen LogP contribution in [0.1, 0.15) is 0 Å². The highest BCUT2D eigenvalue weighted by molar-refractivity contribution is 5.65. The number of benzene rings is 2. The van der Waals surface area contributed by atoms with Gasteiger partial charge in [0.2, 0.25) is 0 Å². The van der Waals surface area contributed by atoms with Crippen LogP contribution in [-0.4, -0.2) is 19.9 Å². The van der Waals surface area contributed by atoms with Crippen LogP contribution in [0.5, 0.6) is 0 Å². The van der Waals surface area contributed by atoms with Gasteiger partial charge >= 0.3 is 0 Å². The molecule has 0 fully saturated rings. The minimum Gasteiger partial charge on any atom is -0.265 e. The average molecular weight is 310 g/mol. The molecule has 0 saturated carbocycles. The largest absolute Gasteiger partial charge is 0.265 e. The summed E-state index contributed by atoms with van der Waals surface area (Å²) in [5.74, 6) is 1.97. The third-order valence-electron chi connectivity index (χ3n) is 3.64. The summed E-state index contributed by atoms with van der Waals surface area (Å²) >= 11 is 0. The highest BCUT2D eigenvalue weighted by Gasteiger charge is 2.11. The summed E-state index contributed by atoms with van der Waals surface area (Å²) in [7, 11) is 0. The van der Waals surface area contributed by atoms with Gasteiger partial charge in [-0.25, -0.2) is 15.0 Å². The van der Waals surface area contributed by atoms with Gasteiger partial charge in [-0.15, -0.1) is 0 Å². The Morgan fingerprint density at radius 3 is 1.21 bits per heavy atom. The van der Waals surface area contributed by atoms with Crippen molar-refractivity contribution in [2.24, 2.45) is 0 Å². The summed E-state index contributed by atoms with van der Waals surface area (Å²) in [6, 6.07) is 23.7. The van der Waals surface area contributed by atoms with E-state index in [1.54, 1.807) is 12.4 Å². The second kappa shape index (κ2) is 6.38. The lowest BCUT2D eigenvalue weighted by Gasteiger charge is -2.07. The van der Waals surface area contributed by atoms with Gasteiger partial charge in [0, 0.05) is 29.1 Å². The molecule has 0 unspecified atom stereocenters. The average Bonchev–Trinajstić information content (AvgIpc) is 2.70. The first-order valence-electron chi connectivity index (χ1n) is 7.67. The molecule has 0 spiro atoms. The first-order chi connectivity index (χ1) is 11.9. The van der Waals surface area contributed by atoms with Crippen molar-refractivity contribution in [1.29, 1.82) is 0 Å². The van der Waals surface area contributed by atoms with Gasteiger partial charge in [-0.3, -0.25) is 4.98 Å². The normalized spacial score (nSPS) is 10.5. The molecule has 4 heteroatoms. The Morgan fingerprint density at radius 2 is 0.792 bits per heavy atom. The molecule has 0 aliphatic heterocycles. The highest BCUT2D eigenvalue weighted by Crippen LogP contribution is 2.23. The topological polar surface area (TPSA) is 51.6 Å². The summed E-state index contributed by atoms with van der Waals surface area (Å²) in [5.41, 5.74) is 2.85. The Balaban J connectivity index is 1.92. The maximum atomic E-state index is 4.66. The van der Waals surface area contributed by atoms with E-state index in [0.29, 0.717) is 17.5 Å². The predicted octanol–water partition coefficient (Wildman–Crippen LogP) is 4.27. The smallest absolute Gasteiger partial charge is 0.164 e. The molecular formula is C20H14N4. The van der Waals surface area contributed by atoms with Crippen LogP contribution in [0.4, 0.5) is 0 Å². The quantitative estimate of drug-likeness (QED) is 0.567. The molecule has 4 nitrogen and oxygen atoms in total. The molecule has 0 aliphatic carbocycles. The monoisotopic (exact) mass is 310 g/mol. The molecule has 24 heavy (non-hydrogen) atoms. The Hall–Kier alpha value is -3.40. The summed E-state index contributed by atoms with van der Waals surface area (Å²) in [5, 5.41) is 0. The second-order valence-electron chi connectivity index (χ2n) is 5.27. The van der Waals surface area contributed by atoms with Crippen LogP contribution in [0.2, 0.25) is 0 Å². The molecule has 0 bridgehead atoms. The van der Waals surface area contributed by atoms with E-state index in [2.05, 4.69) is 19.9 Å². The lowest BCUT2D eigenvalue weighted by Crippen LogP contribution is -2.00. The molecule has 0 saturated heterocycles. The number of rotatable bonds is 3. The van der Waals surface area contributed by atoms with Gasteiger partial charge in [-0.1, -0.05) is 60.7 Å². The van der Waals surface area contributed by atoms with Crippen LogP contribution in [0.15, 0.2) is 85.2 Å². The lowest BCUT2D eigenvalue weighted by atomic mass is 10.1. The molecule has 2 heterocycles. The lowest BCUT2D eigenvalue weighted by molar-refractivity contribution is 1.07. The number of hydrogen-bond acceptors (Lipinski definition) is 4. The van der Waals surface area contributed by atoms with Crippen LogP contribution in [-0.2, 0) is 0 Å². The van der Waals surface area contributed by atoms with Crippen molar-refractivity contribution in [3.8, 4) is 34.2 Å². The van der Waals surface area contributed by atoms with Crippen molar-refractivity contribution >= 4 is 0 Å². The molecule has 0 radical (unpaired) electrons. The zero-order valence-electron chi connectivity index (χ0n) is 12.9. The second-order valence-corrected chi connectivity index (χ2v) is 5.27. The van der Waals surface area contributed by atoms with E-state index in [1.165, 1.54) is 0 Å². The molecule has 2 aromatic heterocycles. The fourth-order valence-corrected chi connectivity index (χ4v) is 2.44. The molecule has 4 rings (SSSR count). The van der Waals surface area contributed by atoms with Gasteiger partial charge in [0.1, 0.15) is 0 Å². The van der Waals surface area contributed by atoms with Gasteiger partial charge in [0.15, 0.2) is 17.5 Å². The molecule has 0 N–H and O–H groups in total. The fraction of sp³-hybridized carbons (Fsp3) is 0. The SMILES string of the molecule is c1ccc(-c2nc(-c3ccccc3)nc(-c3ccncc3)n2)cc1. The number of pyridine rings is 1. The zero-order chi connectivity index (χ0) is 16.2. The van der Waals surface area contributed by atoms with Gasteiger partial charge in [-0.2, -0.15) is 0 Å². The summed E-state index contributed by atoms with van der Waals surface area (Å²) in [4.78, 5) is 18.0. The zero-order valence-corrected chi connectivity index (χ0v) is 12.9. The first-order valence-corrected chi connectivity index (χ1v) is 7.67. The van der Waals surface area contributed by atoms with Crippen LogP contribution < -0.4 is 0 Å². The van der Waals surface area contributed by atoms with Crippen molar-refractivity contribution in [3.05, 3.63) is 85.2 Å². The van der Waals surface area contributed by atoms with Crippen molar-refractivity contribution in [1.82, 2.24) is 19.9 Å². The molecule has 2 aromatic carbocycles. The molecule has 114 valence electrons. The van der Waals surface area contributed by atoms with Crippen molar-refractivity contribution in [2.45, 2.75) is 0 Å². The first kappa shape index (κ1) is 14.2. The van der Waals surface area contributed by atoms with E-state index in [4.69, 9.17) is 0 Å². The van der Waals surface area contributed by atoms with Crippen LogP contribution in [0, 0.1) is 0 Å². The minimum atomic E-state index is 0.644. The fourth-order valence-electron chi connectivity index (χ4n) is 2.44. The maximum absolute atomic E-state index is 4.66. The molecular weight excluding hydrogens is 296 g/mol. The highest BCUT2D eigenvalue weighted by atomic mass is 15.0.